The highest BCUT2D eigenvalue weighted by atomic mass is 35.5. The Labute approximate surface area is 203 Å². The fourth-order valence-corrected chi connectivity index (χ4v) is 3.17. The molecule has 0 spiro atoms. The molecule has 2 aromatic rings. The fourth-order valence-electron chi connectivity index (χ4n) is 2.47. The van der Waals surface area contributed by atoms with Gasteiger partial charge in [-0.2, -0.15) is 0 Å². The zero-order valence-electron chi connectivity index (χ0n) is 17.4. The highest BCUT2D eigenvalue weighted by Crippen LogP contribution is 2.37. The summed E-state index contributed by atoms with van der Waals surface area (Å²) in [5, 5.41) is 4.74. The Hall–Kier alpha value is -1.59. The Morgan fingerprint density at radius 2 is 1.71 bits per heavy atom. The molecule has 0 aromatic heterocycles. The molecular weight excluding hydrogens is 480 g/mol. The number of rotatable bonds is 12. The van der Waals surface area contributed by atoms with E-state index >= 15 is 0 Å². The molecular formula is C23H25Cl4NO3. The van der Waals surface area contributed by atoms with Crippen LogP contribution in [0.4, 0.5) is 0 Å². The zero-order valence-corrected chi connectivity index (χ0v) is 20.4. The molecule has 0 bridgehead atoms. The lowest BCUT2D eigenvalue weighted by molar-refractivity contribution is 0.120. The van der Waals surface area contributed by atoms with Crippen LogP contribution in [0.5, 0.6) is 11.5 Å². The van der Waals surface area contributed by atoms with Gasteiger partial charge in [0.25, 0.3) is 0 Å². The van der Waals surface area contributed by atoms with Gasteiger partial charge in [-0.3, -0.25) is 0 Å². The van der Waals surface area contributed by atoms with Gasteiger partial charge in [-0.1, -0.05) is 89.7 Å². The molecule has 0 radical (unpaired) electrons. The molecule has 0 saturated heterocycles. The maximum atomic E-state index is 6.28. The van der Waals surface area contributed by atoms with E-state index < -0.39 is 0 Å². The van der Waals surface area contributed by atoms with Crippen molar-refractivity contribution in [3.05, 3.63) is 68.1 Å². The largest absolute Gasteiger partial charge is 0.490 e. The molecule has 2 rings (SSSR count). The molecule has 0 atom stereocenters. The molecule has 8 heteroatoms. The van der Waals surface area contributed by atoms with E-state index in [0.717, 1.165) is 18.4 Å². The van der Waals surface area contributed by atoms with E-state index in [2.05, 4.69) is 31.1 Å². The van der Waals surface area contributed by atoms with Crippen molar-refractivity contribution in [1.29, 1.82) is 0 Å². The normalized spacial score (nSPS) is 11.1. The molecule has 0 saturated carbocycles. The Balaban J connectivity index is 1.78. The summed E-state index contributed by atoms with van der Waals surface area (Å²) in [6.45, 7) is 5.47. The standard InChI is InChI=1S/C23H25Cl4NO3/c1-16(2)15-31-28-14-18-7-5-17(6-8-18)4-3-10-30-23-20(24)12-19(13-21(23)25)29-11-9-22(26)27/h5-9,12-14,16H,3-4,10-11,15H2,1-2H3. The highest BCUT2D eigenvalue weighted by molar-refractivity contribution is 6.55. The lowest BCUT2D eigenvalue weighted by atomic mass is 10.1. The molecule has 0 heterocycles. The van der Waals surface area contributed by atoms with Gasteiger partial charge in [0.2, 0.25) is 0 Å². The monoisotopic (exact) mass is 503 g/mol. The van der Waals surface area contributed by atoms with Crippen molar-refractivity contribution in [2.45, 2.75) is 26.7 Å². The summed E-state index contributed by atoms with van der Waals surface area (Å²) in [5.41, 5.74) is 2.20. The van der Waals surface area contributed by atoms with Crippen LogP contribution in [0.25, 0.3) is 0 Å². The summed E-state index contributed by atoms with van der Waals surface area (Å²) in [5.74, 6) is 1.40. The van der Waals surface area contributed by atoms with Gasteiger partial charge in [-0.05, 0) is 36.0 Å². The highest BCUT2D eigenvalue weighted by Gasteiger charge is 2.10. The van der Waals surface area contributed by atoms with Crippen LogP contribution in [-0.4, -0.2) is 26.0 Å². The summed E-state index contributed by atoms with van der Waals surface area (Å²) in [6.07, 6.45) is 4.92. The first-order valence-corrected chi connectivity index (χ1v) is 11.4. The molecule has 4 nitrogen and oxygen atoms in total. The average Bonchev–Trinajstić information content (AvgIpc) is 2.70. The van der Waals surface area contributed by atoms with Gasteiger partial charge in [-0.25, -0.2) is 0 Å². The molecule has 0 amide bonds. The second-order valence-electron chi connectivity index (χ2n) is 7.14. The van der Waals surface area contributed by atoms with E-state index in [1.807, 2.05) is 12.1 Å². The third kappa shape index (κ3) is 10.0. The maximum Gasteiger partial charge on any atom is 0.156 e. The van der Waals surface area contributed by atoms with Gasteiger partial charge in [-0.15, -0.1) is 0 Å². The van der Waals surface area contributed by atoms with E-state index in [4.69, 9.17) is 60.7 Å². The second-order valence-corrected chi connectivity index (χ2v) is 8.96. The van der Waals surface area contributed by atoms with Crippen molar-refractivity contribution < 1.29 is 14.3 Å². The van der Waals surface area contributed by atoms with E-state index in [-0.39, 0.29) is 11.1 Å². The number of halogens is 4. The van der Waals surface area contributed by atoms with Crippen LogP contribution in [0.1, 0.15) is 31.4 Å². The van der Waals surface area contributed by atoms with Crippen molar-refractivity contribution in [3.8, 4) is 11.5 Å². The van der Waals surface area contributed by atoms with Crippen LogP contribution in [0.15, 0.2) is 52.1 Å². The molecule has 0 fully saturated rings. The number of benzene rings is 2. The van der Waals surface area contributed by atoms with Crippen LogP contribution in [0.3, 0.4) is 0 Å². The lowest BCUT2D eigenvalue weighted by Crippen LogP contribution is -2.01. The molecule has 0 aliphatic carbocycles. The SMILES string of the molecule is CC(C)CON=Cc1ccc(CCCOc2c(Cl)cc(OCC=C(Cl)Cl)cc2Cl)cc1. The minimum absolute atomic E-state index is 0.135. The molecule has 0 aliphatic heterocycles. The van der Waals surface area contributed by atoms with Crippen LogP contribution >= 0.6 is 46.4 Å². The Bertz CT molecular complexity index is 856. The first-order valence-electron chi connectivity index (χ1n) is 9.85. The summed E-state index contributed by atoms with van der Waals surface area (Å²) in [4.78, 5) is 5.22. The first kappa shape index (κ1) is 25.7. The van der Waals surface area contributed by atoms with Crippen molar-refractivity contribution in [2.24, 2.45) is 11.1 Å². The second kappa shape index (κ2) is 13.7. The summed E-state index contributed by atoms with van der Waals surface area (Å²) < 4.78 is 11.4. The molecule has 0 aliphatic rings. The number of oxime groups is 1. The Morgan fingerprint density at radius 1 is 1.03 bits per heavy atom. The molecule has 168 valence electrons. The molecule has 31 heavy (non-hydrogen) atoms. The van der Waals surface area contributed by atoms with Crippen molar-refractivity contribution in [2.75, 3.05) is 19.8 Å². The minimum atomic E-state index is 0.135. The average molecular weight is 505 g/mol. The Morgan fingerprint density at radius 3 is 2.32 bits per heavy atom. The maximum absolute atomic E-state index is 6.28. The van der Waals surface area contributed by atoms with E-state index in [1.165, 1.54) is 11.6 Å². The van der Waals surface area contributed by atoms with Crippen molar-refractivity contribution >= 4 is 52.6 Å². The van der Waals surface area contributed by atoms with Gasteiger partial charge in [0.1, 0.15) is 23.5 Å². The number of ether oxygens (including phenoxy) is 2. The zero-order chi connectivity index (χ0) is 22.6. The van der Waals surface area contributed by atoms with E-state index in [9.17, 15) is 0 Å². The van der Waals surface area contributed by atoms with Gasteiger partial charge >= 0.3 is 0 Å². The smallest absolute Gasteiger partial charge is 0.156 e. The topological polar surface area (TPSA) is 40.0 Å². The van der Waals surface area contributed by atoms with Gasteiger partial charge < -0.3 is 14.3 Å². The molecule has 2 aromatic carbocycles. The number of hydrogen-bond acceptors (Lipinski definition) is 4. The van der Waals surface area contributed by atoms with Gasteiger partial charge in [0.05, 0.1) is 22.9 Å². The van der Waals surface area contributed by atoms with E-state index in [1.54, 1.807) is 18.3 Å². The fraction of sp³-hybridized carbons (Fsp3) is 0.348. The van der Waals surface area contributed by atoms with Crippen molar-refractivity contribution in [1.82, 2.24) is 0 Å². The molecule has 0 N–H and O–H groups in total. The summed E-state index contributed by atoms with van der Waals surface area (Å²) in [7, 11) is 0. The Kier molecular flexibility index (Phi) is 11.4. The third-order valence-electron chi connectivity index (χ3n) is 3.98. The number of hydrogen-bond donors (Lipinski definition) is 0. The van der Waals surface area contributed by atoms with Crippen LogP contribution in [0.2, 0.25) is 10.0 Å². The summed E-state index contributed by atoms with van der Waals surface area (Å²) in [6, 6.07) is 11.4. The van der Waals surface area contributed by atoms with Crippen LogP contribution in [0, 0.1) is 5.92 Å². The predicted molar refractivity (Wildman–Crippen MR) is 130 cm³/mol. The van der Waals surface area contributed by atoms with E-state index in [0.29, 0.717) is 40.7 Å². The minimum Gasteiger partial charge on any atom is -0.490 e. The van der Waals surface area contributed by atoms with Crippen molar-refractivity contribution in [3.63, 3.8) is 0 Å². The number of nitrogens with zero attached hydrogens (tertiary/aromatic N) is 1. The lowest BCUT2D eigenvalue weighted by Gasteiger charge is -2.12. The quantitative estimate of drug-likeness (QED) is 0.169. The molecule has 0 unspecified atom stereocenters. The number of aryl methyl sites for hydroxylation is 1. The van der Waals surface area contributed by atoms with Gasteiger partial charge in [0.15, 0.2) is 5.75 Å². The van der Waals surface area contributed by atoms with Crippen LogP contribution < -0.4 is 9.47 Å². The summed E-state index contributed by atoms with van der Waals surface area (Å²) >= 11 is 23.7. The van der Waals surface area contributed by atoms with Gasteiger partial charge in [0, 0.05) is 12.1 Å². The first-order chi connectivity index (χ1) is 14.8. The predicted octanol–water partition coefficient (Wildman–Crippen LogP) is 7.71. The van der Waals surface area contributed by atoms with Crippen LogP contribution in [-0.2, 0) is 11.3 Å². The third-order valence-corrected chi connectivity index (χ3v) is 4.85.